The van der Waals surface area contributed by atoms with Gasteiger partial charge in [0.05, 0.1) is 11.6 Å². The van der Waals surface area contributed by atoms with Gasteiger partial charge in [-0.2, -0.15) is 9.78 Å². The molecule has 3 aromatic heterocycles. The Morgan fingerprint density at radius 3 is 2.68 bits per heavy atom. The van der Waals surface area contributed by atoms with Crippen molar-refractivity contribution in [2.24, 2.45) is 0 Å². The molecule has 0 saturated heterocycles. The van der Waals surface area contributed by atoms with Crippen molar-refractivity contribution >= 4 is 16.9 Å². The van der Waals surface area contributed by atoms with E-state index in [-0.39, 0.29) is 5.82 Å². The summed E-state index contributed by atoms with van der Waals surface area (Å²) in [5.41, 5.74) is 1.26. The zero-order valence-corrected chi connectivity index (χ0v) is 13.5. The van der Waals surface area contributed by atoms with E-state index in [2.05, 4.69) is 20.1 Å². The van der Waals surface area contributed by atoms with Crippen LogP contribution in [0.15, 0.2) is 61.2 Å². The van der Waals surface area contributed by atoms with Crippen LogP contribution in [-0.4, -0.2) is 31.8 Å². The number of rotatable bonds is 4. The second-order valence-electron chi connectivity index (χ2n) is 5.63. The van der Waals surface area contributed by atoms with Crippen LogP contribution >= 0.6 is 0 Å². The van der Waals surface area contributed by atoms with Crippen molar-refractivity contribution in [2.45, 2.75) is 6.54 Å². The van der Waals surface area contributed by atoms with Crippen LogP contribution < -0.4 is 4.90 Å². The number of fused-ring (bicyclic) bond motifs is 1. The summed E-state index contributed by atoms with van der Waals surface area (Å²) in [6.45, 7) is 0.396. The summed E-state index contributed by atoms with van der Waals surface area (Å²) in [4.78, 5) is 14.9. The minimum atomic E-state index is -0.233. The molecule has 0 spiro atoms. The van der Waals surface area contributed by atoms with Gasteiger partial charge in [0.1, 0.15) is 18.0 Å². The van der Waals surface area contributed by atoms with E-state index in [4.69, 9.17) is 0 Å². The average molecular weight is 334 g/mol. The van der Waals surface area contributed by atoms with E-state index in [9.17, 15) is 4.39 Å². The molecule has 0 fully saturated rings. The van der Waals surface area contributed by atoms with Crippen molar-refractivity contribution in [1.82, 2.24) is 24.7 Å². The second kappa shape index (κ2) is 6.27. The standard InChI is InChI=1S/C18H15FN6/c1-24(11-13-6-2-3-7-15(13)19)17-14-10-23-25(18(14)22-12-21-17)16-8-4-5-9-20-16/h2-10,12H,11H2,1H3. The molecule has 0 amide bonds. The van der Waals surface area contributed by atoms with Crippen molar-refractivity contribution in [1.29, 1.82) is 0 Å². The van der Waals surface area contributed by atoms with Gasteiger partial charge in [0.25, 0.3) is 0 Å². The van der Waals surface area contributed by atoms with E-state index in [1.54, 1.807) is 29.2 Å². The van der Waals surface area contributed by atoms with Crippen LogP contribution in [0.4, 0.5) is 10.2 Å². The minimum Gasteiger partial charge on any atom is -0.355 e. The van der Waals surface area contributed by atoms with Crippen LogP contribution in [0.5, 0.6) is 0 Å². The number of pyridine rings is 1. The van der Waals surface area contributed by atoms with Crippen molar-refractivity contribution in [3.05, 3.63) is 72.6 Å². The molecule has 0 atom stereocenters. The van der Waals surface area contributed by atoms with E-state index in [0.29, 0.717) is 29.4 Å². The molecule has 124 valence electrons. The van der Waals surface area contributed by atoms with E-state index in [1.807, 2.05) is 36.2 Å². The molecule has 0 aliphatic heterocycles. The molecule has 6 nitrogen and oxygen atoms in total. The first kappa shape index (κ1) is 15.2. The molecule has 0 unspecified atom stereocenters. The van der Waals surface area contributed by atoms with Gasteiger partial charge < -0.3 is 4.90 Å². The lowest BCUT2D eigenvalue weighted by molar-refractivity contribution is 0.607. The van der Waals surface area contributed by atoms with Crippen LogP contribution in [0.2, 0.25) is 0 Å². The monoisotopic (exact) mass is 334 g/mol. The summed E-state index contributed by atoms with van der Waals surface area (Å²) in [5.74, 6) is 1.14. The van der Waals surface area contributed by atoms with Crippen molar-refractivity contribution in [2.75, 3.05) is 11.9 Å². The number of anilines is 1. The van der Waals surface area contributed by atoms with Crippen molar-refractivity contribution < 1.29 is 4.39 Å². The zero-order valence-electron chi connectivity index (χ0n) is 13.5. The highest BCUT2D eigenvalue weighted by atomic mass is 19.1. The molecule has 0 saturated carbocycles. The van der Waals surface area contributed by atoms with Crippen molar-refractivity contribution in [3.8, 4) is 5.82 Å². The Kier molecular flexibility index (Phi) is 3.81. The summed E-state index contributed by atoms with van der Waals surface area (Å²) >= 11 is 0. The van der Waals surface area contributed by atoms with Gasteiger partial charge in [0.15, 0.2) is 11.5 Å². The maximum absolute atomic E-state index is 13.9. The lowest BCUT2D eigenvalue weighted by Crippen LogP contribution is -2.19. The largest absolute Gasteiger partial charge is 0.355 e. The first-order valence-electron chi connectivity index (χ1n) is 7.79. The van der Waals surface area contributed by atoms with Gasteiger partial charge in [-0.25, -0.2) is 19.3 Å². The molecule has 25 heavy (non-hydrogen) atoms. The number of benzene rings is 1. The Labute approximate surface area is 143 Å². The molecular formula is C18H15FN6. The van der Waals surface area contributed by atoms with Gasteiger partial charge in [-0.1, -0.05) is 24.3 Å². The average Bonchev–Trinajstić information content (AvgIpc) is 3.08. The van der Waals surface area contributed by atoms with Crippen molar-refractivity contribution in [3.63, 3.8) is 0 Å². The number of hydrogen-bond acceptors (Lipinski definition) is 5. The molecule has 4 aromatic rings. The Bertz CT molecular complexity index is 1010. The summed E-state index contributed by atoms with van der Waals surface area (Å²) in [7, 11) is 1.87. The quantitative estimate of drug-likeness (QED) is 0.574. The number of nitrogens with zero attached hydrogens (tertiary/aromatic N) is 6. The van der Waals surface area contributed by atoms with Crippen LogP contribution in [0, 0.1) is 5.82 Å². The van der Waals surface area contributed by atoms with E-state index in [0.717, 1.165) is 5.39 Å². The first-order chi connectivity index (χ1) is 12.2. The van der Waals surface area contributed by atoms with E-state index in [1.165, 1.54) is 12.4 Å². The Balaban J connectivity index is 1.73. The predicted molar refractivity (Wildman–Crippen MR) is 93.0 cm³/mol. The fourth-order valence-electron chi connectivity index (χ4n) is 2.74. The molecule has 0 bridgehead atoms. The Morgan fingerprint density at radius 2 is 1.88 bits per heavy atom. The highest BCUT2D eigenvalue weighted by Crippen LogP contribution is 2.24. The summed E-state index contributed by atoms with van der Waals surface area (Å²) in [6.07, 6.45) is 4.89. The third kappa shape index (κ3) is 2.80. The van der Waals surface area contributed by atoms with Gasteiger partial charge in [-0.15, -0.1) is 0 Å². The molecule has 0 radical (unpaired) electrons. The fourth-order valence-corrected chi connectivity index (χ4v) is 2.74. The van der Waals surface area contributed by atoms with Crippen LogP contribution in [0.25, 0.3) is 16.9 Å². The predicted octanol–water partition coefficient (Wildman–Crippen LogP) is 2.99. The lowest BCUT2D eigenvalue weighted by Gasteiger charge is -2.19. The van der Waals surface area contributed by atoms with Gasteiger partial charge in [-0.05, 0) is 18.2 Å². The van der Waals surface area contributed by atoms with E-state index >= 15 is 0 Å². The van der Waals surface area contributed by atoms with E-state index < -0.39 is 0 Å². The highest BCUT2D eigenvalue weighted by molar-refractivity contribution is 5.87. The van der Waals surface area contributed by atoms with Crippen LogP contribution in [0.1, 0.15) is 5.56 Å². The minimum absolute atomic E-state index is 0.233. The molecule has 0 aliphatic carbocycles. The van der Waals surface area contributed by atoms with Gasteiger partial charge >= 0.3 is 0 Å². The maximum atomic E-state index is 13.9. The summed E-state index contributed by atoms with van der Waals surface area (Å²) < 4.78 is 15.6. The Morgan fingerprint density at radius 1 is 1.04 bits per heavy atom. The third-order valence-corrected chi connectivity index (χ3v) is 3.94. The SMILES string of the molecule is CN(Cc1ccccc1F)c1ncnc2c1cnn2-c1ccccn1. The molecule has 4 rings (SSSR count). The van der Waals surface area contributed by atoms with Gasteiger partial charge in [-0.3, -0.25) is 0 Å². The number of aromatic nitrogens is 5. The smallest absolute Gasteiger partial charge is 0.170 e. The zero-order chi connectivity index (χ0) is 17.2. The van der Waals surface area contributed by atoms with Gasteiger partial charge in [0, 0.05) is 25.4 Å². The fraction of sp³-hybridized carbons (Fsp3) is 0.111. The molecular weight excluding hydrogens is 319 g/mol. The number of hydrogen-bond donors (Lipinski definition) is 0. The normalized spacial score (nSPS) is 11.0. The maximum Gasteiger partial charge on any atom is 0.170 e. The summed E-state index contributed by atoms with van der Waals surface area (Å²) in [6, 6.07) is 12.3. The number of halogens is 1. The third-order valence-electron chi connectivity index (χ3n) is 3.94. The Hall–Kier alpha value is -3.35. The molecule has 3 heterocycles. The first-order valence-corrected chi connectivity index (χ1v) is 7.79. The molecule has 0 N–H and O–H groups in total. The molecule has 1 aromatic carbocycles. The van der Waals surface area contributed by atoms with Crippen LogP contribution in [0.3, 0.4) is 0 Å². The molecule has 0 aliphatic rings. The highest BCUT2D eigenvalue weighted by Gasteiger charge is 2.15. The second-order valence-corrected chi connectivity index (χ2v) is 5.63. The van der Waals surface area contributed by atoms with Gasteiger partial charge in [0.2, 0.25) is 0 Å². The topological polar surface area (TPSA) is 59.7 Å². The molecule has 7 heteroatoms. The summed E-state index contributed by atoms with van der Waals surface area (Å²) in [5, 5.41) is 5.17. The van der Waals surface area contributed by atoms with Crippen LogP contribution in [-0.2, 0) is 6.54 Å². The lowest BCUT2D eigenvalue weighted by atomic mass is 10.2.